The normalized spacial score (nSPS) is 11.7. The van der Waals surface area contributed by atoms with Gasteiger partial charge >= 0.3 is 37.2 Å². The standard InChI is InChI=1S/H3O4P.H2O4Se/c2*1-5(2,3)4/h(H3,1,2,3,4);(H2,1,2,3,4). The first-order valence-corrected chi connectivity index (χ1v) is 5.98. The van der Waals surface area contributed by atoms with Gasteiger partial charge in [0.2, 0.25) is 0 Å². The summed E-state index contributed by atoms with van der Waals surface area (Å²) < 4.78 is 40.8. The average molecular weight is 243 g/mol. The zero-order valence-electron chi connectivity index (χ0n) is 4.32. The van der Waals surface area contributed by atoms with Crippen molar-refractivity contribution in [3.63, 3.8) is 0 Å². The fourth-order valence-corrected chi connectivity index (χ4v) is 0. The fraction of sp³-hybridized carbons (Fsp3) is 0. The minimum absolute atomic E-state index is 4.64. The molecular formula is H5O8PSe. The van der Waals surface area contributed by atoms with Crippen LogP contribution < -0.4 is 0 Å². The first kappa shape index (κ1) is 12.8. The van der Waals surface area contributed by atoms with Crippen LogP contribution in [0.3, 0.4) is 0 Å². The second-order valence-corrected chi connectivity index (χ2v) is 3.87. The summed E-state index contributed by atoms with van der Waals surface area (Å²) in [5, 5.41) is 0. The van der Waals surface area contributed by atoms with Crippen LogP contribution in [0.5, 0.6) is 0 Å². The summed E-state index contributed by atoms with van der Waals surface area (Å²) in [6.45, 7) is 0. The van der Waals surface area contributed by atoms with Crippen molar-refractivity contribution >= 4 is 21.2 Å². The summed E-state index contributed by atoms with van der Waals surface area (Å²) in [5.74, 6) is 0. The first-order valence-electron chi connectivity index (χ1n) is 1.48. The van der Waals surface area contributed by atoms with Gasteiger partial charge in [-0.3, -0.25) is 0 Å². The monoisotopic (exact) mass is 244 g/mol. The Labute approximate surface area is 57.3 Å². The Balaban J connectivity index is 0. The zero-order chi connectivity index (χ0) is 9.00. The number of hydrogen-bond donors (Lipinski definition) is 5. The third kappa shape index (κ3) is 18600. The van der Waals surface area contributed by atoms with Gasteiger partial charge in [0.1, 0.15) is 0 Å². The van der Waals surface area contributed by atoms with Crippen molar-refractivity contribution in [3.05, 3.63) is 0 Å². The van der Waals surface area contributed by atoms with Gasteiger partial charge in [-0.25, -0.2) is 4.57 Å². The predicted molar refractivity (Wildman–Crippen MR) is 25.8 cm³/mol. The van der Waals surface area contributed by atoms with Crippen LogP contribution in [0.2, 0.25) is 0 Å². The molecule has 0 amide bonds. The van der Waals surface area contributed by atoms with E-state index in [1.807, 2.05) is 0 Å². The van der Waals surface area contributed by atoms with Crippen LogP contribution in [0.4, 0.5) is 0 Å². The van der Waals surface area contributed by atoms with Gasteiger partial charge in [0.05, 0.1) is 0 Å². The minimum atomic E-state index is -5.25. The number of phosphoric acid groups is 1. The van der Waals surface area contributed by atoms with Crippen molar-refractivity contribution in [1.82, 2.24) is 0 Å². The van der Waals surface area contributed by atoms with Crippen LogP contribution in [-0.2, 0) is 12.2 Å². The Kier molecular flexibility index (Phi) is 5.27. The second kappa shape index (κ2) is 4.12. The van der Waals surface area contributed by atoms with Gasteiger partial charge in [-0.15, -0.1) is 0 Å². The summed E-state index contributed by atoms with van der Waals surface area (Å²) >= 11 is -5.25. The zero-order valence-corrected chi connectivity index (χ0v) is 6.92. The fourth-order valence-electron chi connectivity index (χ4n) is 0. The maximum atomic E-state index is 8.88. The molecule has 0 radical (unpaired) electrons. The van der Waals surface area contributed by atoms with E-state index in [1.54, 1.807) is 0 Å². The Morgan fingerprint density at radius 2 is 1.00 bits per heavy atom. The molecule has 0 aliphatic carbocycles. The van der Waals surface area contributed by atoms with Crippen molar-refractivity contribution in [3.8, 4) is 0 Å². The van der Waals surface area contributed by atoms with Crippen molar-refractivity contribution in [1.29, 1.82) is 0 Å². The molecule has 5 N–H and O–H groups in total. The Hall–Kier alpha value is 0.149. The van der Waals surface area contributed by atoms with Crippen molar-refractivity contribution < 1.29 is 35.3 Å². The first-order chi connectivity index (χ1) is 4.00. The Bertz CT molecular complexity index is 187. The van der Waals surface area contributed by atoms with E-state index >= 15 is 0 Å². The molecular weight excluding hydrogens is 238 g/mol. The van der Waals surface area contributed by atoms with Crippen LogP contribution in [0.1, 0.15) is 0 Å². The molecule has 10 heteroatoms. The van der Waals surface area contributed by atoms with Crippen molar-refractivity contribution in [2.75, 3.05) is 0 Å². The van der Waals surface area contributed by atoms with Crippen LogP contribution in [-0.4, -0.2) is 36.4 Å². The molecule has 0 fully saturated rings. The molecule has 0 heterocycles. The van der Waals surface area contributed by atoms with Crippen molar-refractivity contribution in [2.45, 2.75) is 0 Å². The van der Waals surface area contributed by atoms with Gasteiger partial charge in [0.15, 0.2) is 0 Å². The summed E-state index contributed by atoms with van der Waals surface area (Å²) in [5.41, 5.74) is 0. The second-order valence-electron chi connectivity index (χ2n) is 0.961. The van der Waals surface area contributed by atoms with E-state index in [-0.39, 0.29) is 0 Å². The molecule has 0 aliphatic rings. The topological polar surface area (TPSA) is 152 Å². The van der Waals surface area contributed by atoms with E-state index in [2.05, 4.69) is 0 Å². The average Bonchev–Trinajstić information content (AvgIpc) is 1.12. The van der Waals surface area contributed by atoms with Gasteiger partial charge in [0, 0.05) is 0 Å². The Morgan fingerprint density at radius 3 is 1.00 bits per heavy atom. The van der Waals surface area contributed by atoms with Crippen LogP contribution in [0.15, 0.2) is 0 Å². The third-order valence-electron chi connectivity index (χ3n) is 0. The number of rotatable bonds is 0. The maximum absolute atomic E-state index is 8.88. The molecule has 8 nitrogen and oxygen atoms in total. The molecule has 0 aromatic rings. The third-order valence-corrected chi connectivity index (χ3v) is 0. The van der Waals surface area contributed by atoms with Crippen molar-refractivity contribution in [2.24, 2.45) is 0 Å². The van der Waals surface area contributed by atoms with Crippen LogP contribution in [0.25, 0.3) is 0 Å². The molecule has 64 valence electrons. The van der Waals surface area contributed by atoms with Crippen LogP contribution >= 0.6 is 7.82 Å². The number of hydrogen-bond acceptors (Lipinski definition) is 3. The van der Waals surface area contributed by atoms with Crippen LogP contribution in [0, 0.1) is 0 Å². The molecule has 0 aromatic heterocycles. The van der Waals surface area contributed by atoms with E-state index < -0.39 is 21.2 Å². The molecule has 0 rings (SSSR count). The summed E-state index contributed by atoms with van der Waals surface area (Å²) in [7, 11) is -4.64. The molecule has 0 unspecified atom stereocenters. The van der Waals surface area contributed by atoms with E-state index in [1.165, 1.54) is 0 Å². The molecule has 0 aliphatic heterocycles. The van der Waals surface area contributed by atoms with Gasteiger partial charge < -0.3 is 14.7 Å². The van der Waals surface area contributed by atoms with E-state index in [4.69, 9.17) is 35.3 Å². The SMILES string of the molecule is O=P(O)(O)O.O=[Se](=O)(O)O. The predicted octanol–water partition coefficient (Wildman–Crippen LogP) is -2.66. The molecule has 0 atom stereocenters. The van der Waals surface area contributed by atoms with E-state index in [0.29, 0.717) is 0 Å². The quantitative estimate of drug-likeness (QED) is 0.228. The molecule has 10 heavy (non-hydrogen) atoms. The van der Waals surface area contributed by atoms with Gasteiger partial charge in [0.25, 0.3) is 0 Å². The van der Waals surface area contributed by atoms with E-state index in [9.17, 15) is 0 Å². The summed E-state index contributed by atoms with van der Waals surface area (Å²) in [4.78, 5) is 21.6. The van der Waals surface area contributed by atoms with Gasteiger partial charge in [-0.05, 0) is 0 Å². The molecule has 0 saturated carbocycles. The van der Waals surface area contributed by atoms with Gasteiger partial charge in [-0.2, -0.15) is 0 Å². The molecule has 0 saturated heterocycles. The van der Waals surface area contributed by atoms with E-state index in [0.717, 1.165) is 0 Å². The van der Waals surface area contributed by atoms with Gasteiger partial charge in [-0.1, -0.05) is 0 Å². The summed E-state index contributed by atoms with van der Waals surface area (Å²) in [6, 6.07) is 0. The molecule has 0 bridgehead atoms. The molecule has 0 spiro atoms. The summed E-state index contributed by atoms with van der Waals surface area (Å²) in [6.07, 6.45) is 0. The molecule has 0 aromatic carbocycles. The Morgan fingerprint density at radius 1 is 1.00 bits per heavy atom.